The molecule has 0 saturated carbocycles. The Morgan fingerprint density at radius 2 is 2.05 bits per heavy atom. The van der Waals surface area contributed by atoms with Gasteiger partial charge in [-0.3, -0.25) is 4.98 Å². The normalized spacial score (nSPS) is 11.2. The topological polar surface area (TPSA) is 30.7 Å². The molecule has 0 spiro atoms. The van der Waals surface area contributed by atoms with Gasteiger partial charge in [-0.25, -0.2) is 13.8 Å². The van der Waals surface area contributed by atoms with E-state index < -0.39 is 11.6 Å². The van der Waals surface area contributed by atoms with Crippen molar-refractivity contribution in [3.8, 4) is 11.4 Å². The summed E-state index contributed by atoms with van der Waals surface area (Å²) in [6.45, 7) is 0. The van der Waals surface area contributed by atoms with Crippen molar-refractivity contribution in [3.63, 3.8) is 0 Å². The quantitative estimate of drug-likeness (QED) is 0.682. The molecule has 0 bridgehead atoms. The minimum atomic E-state index is -0.693. The molecule has 6 heteroatoms. The molecular weight excluding hydrogens is 272 g/mol. The number of aromatic nitrogens is 3. The second-order valence-corrected chi connectivity index (χ2v) is 4.51. The molecule has 3 rings (SSSR count). The molecule has 3 aromatic rings. The Morgan fingerprint density at radius 1 is 1.26 bits per heavy atom. The van der Waals surface area contributed by atoms with Crippen LogP contribution in [-0.2, 0) is 7.05 Å². The highest BCUT2D eigenvalue weighted by Crippen LogP contribution is 2.29. The fourth-order valence-electron chi connectivity index (χ4n) is 2.01. The van der Waals surface area contributed by atoms with E-state index in [1.165, 1.54) is 12.3 Å². The number of rotatable bonds is 1. The average molecular weight is 280 g/mol. The number of halogens is 3. The van der Waals surface area contributed by atoms with Gasteiger partial charge in [-0.05, 0) is 12.1 Å². The number of aryl methyl sites for hydroxylation is 1. The minimum Gasteiger partial charge on any atom is -0.327 e. The smallest absolute Gasteiger partial charge is 0.153 e. The van der Waals surface area contributed by atoms with Crippen molar-refractivity contribution in [1.29, 1.82) is 0 Å². The maximum absolute atomic E-state index is 13.7. The van der Waals surface area contributed by atoms with E-state index in [1.54, 1.807) is 23.9 Å². The summed E-state index contributed by atoms with van der Waals surface area (Å²) < 4.78 is 28.5. The van der Waals surface area contributed by atoms with Crippen LogP contribution in [0.1, 0.15) is 0 Å². The largest absolute Gasteiger partial charge is 0.327 e. The molecule has 0 amide bonds. The second kappa shape index (κ2) is 4.28. The highest BCUT2D eigenvalue weighted by molar-refractivity contribution is 6.33. The first kappa shape index (κ1) is 12.0. The predicted octanol–water partition coefficient (Wildman–Crippen LogP) is 3.57. The number of nitrogens with zero attached hydrogens (tertiary/aromatic N) is 3. The van der Waals surface area contributed by atoms with Crippen molar-refractivity contribution >= 4 is 22.6 Å². The first-order valence-electron chi connectivity index (χ1n) is 5.49. The van der Waals surface area contributed by atoms with Crippen LogP contribution in [-0.4, -0.2) is 14.5 Å². The Labute approximate surface area is 112 Å². The Bertz CT molecular complexity index is 783. The summed E-state index contributed by atoms with van der Waals surface area (Å²) in [5.41, 5.74) is 1.11. The van der Waals surface area contributed by atoms with E-state index in [0.717, 1.165) is 6.07 Å². The molecule has 0 fully saturated rings. The van der Waals surface area contributed by atoms with Crippen molar-refractivity contribution in [2.45, 2.75) is 0 Å². The molecule has 0 radical (unpaired) electrons. The lowest BCUT2D eigenvalue weighted by Gasteiger charge is -2.03. The Balaban J connectivity index is 2.35. The lowest BCUT2D eigenvalue weighted by atomic mass is 10.2. The van der Waals surface area contributed by atoms with Crippen molar-refractivity contribution < 1.29 is 8.78 Å². The maximum atomic E-state index is 13.7. The second-order valence-electron chi connectivity index (χ2n) is 4.11. The van der Waals surface area contributed by atoms with Crippen molar-refractivity contribution in [3.05, 3.63) is 47.2 Å². The zero-order chi connectivity index (χ0) is 13.6. The van der Waals surface area contributed by atoms with E-state index in [4.69, 9.17) is 11.6 Å². The van der Waals surface area contributed by atoms with Crippen LogP contribution < -0.4 is 0 Å². The molecule has 0 aliphatic carbocycles. The van der Waals surface area contributed by atoms with Gasteiger partial charge in [0.05, 0.1) is 10.5 Å². The lowest BCUT2D eigenvalue weighted by Crippen LogP contribution is -1.93. The summed E-state index contributed by atoms with van der Waals surface area (Å²) in [5.74, 6) is -0.866. The lowest BCUT2D eigenvalue weighted by molar-refractivity contribution is 0.590. The predicted molar refractivity (Wildman–Crippen MR) is 68.9 cm³/mol. The van der Waals surface area contributed by atoms with Gasteiger partial charge in [0, 0.05) is 31.1 Å². The van der Waals surface area contributed by atoms with Gasteiger partial charge in [0.2, 0.25) is 0 Å². The molecular formula is C13H8ClF2N3. The standard InChI is InChI=1S/C13H8ClF2N3/c1-19-11-5-7(15)4-10(16)12(11)18-13(19)8-2-3-17-6-9(8)14/h2-6H,1H3. The molecule has 0 aliphatic rings. The van der Waals surface area contributed by atoms with E-state index >= 15 is 0 Å². The summed E-state index contributed by atoms with van der Waals surface area (Å²) in [5, 5.41) is 0.404. The molecule has 0 unspecified atom stereocenters. The zero-order valence-corrected chi connectivity index (χ0v) is 10.6. The highest BCUT2D eigenvalue weighted by atomic mass is 35.5. The van der Waals surface area contributed by atoms with E-state index in [0.29, 0.717) is 21.9 Å². The number of hydrogen-bond donors (Lipinski definition) is 0. The van der Waals surface area contributed by atoms with Gasteiger partial charge in [-0.15, -0.1) is 0 Å². The molecule has 3 nitrogen and oxygen atoms in total. The summed E-state index contributed by atoms with van der Waals surface area (Å²) in [4.78, 5) is 8.08. The number of imidazole rings is 1. The van der Waals surface area contributed by atoms with E-state index in [2.05, 4.69) is 9.97 Å². The number of benzene rings is 1. The van der Waals surface area contributed by atoms with Crippen LogP contribution in [0.3, 0.4) is 0 Å². The monoisotopic (exact) mass is 279 g/mol. The third-order valence-electron chi connectivity index (χ3n) is 2.92. The van der Waals surface area contributed by atoms with Crippen LogP contribution in [0.15, 0.2) is 30.6 Å². The number of pyridine rings is 1. The highest BCUT2D eigenvalue weighted by Gasteiger charge is 2.16. The van der Waals surface area contributed by atoms with Crippen molar-refractivity contribution in [2.75, 3.05) is 0 Å². The SMILES string of the molecule is Cn1c(-c2ccncc2Cl)nc2c(F)cc(F)cc21. The Morgan fingerprint density at radius 3 is 2.79 bits per heavy atom. The van der Waals surface area contributed by atoms with Crippen LogP contribution >= 0.6 is 11.6 Å². The van der Waals surface area contributed by atoms with Crippen molar-refractivity contribution in [1.82, 2.24) is 14.5 Å². The Hall–Kier alpha value is -2.01. The third kappa shape index (κ3) is 1.86. The molecule has 96 valence electrons. The van der Waals surface area contributed by atoms with Crippen LogP contribution in [0.2, 0.25) is 5.02 Å². The van der Waals surface area contributed by atoms with E-state index in [1.807, 2.05) is 0 Å². The van der Waals surface area contributed by atoms with Gasteiger partial charge in [-0.2, -0.15) is 0 Å². The summed E-state index contributed by atoms with van der Waals surface area (Å²) >= 11 is 6.05. The van der Waals surface area contributed by atoms with Gasteiger partial charge in [-0.1, -0.05) is 11.6 Å². The fraction of sp³-hybridized carbons (Fsp3) is 0.0769. The van der Waals surface area contributed by atoms with Gasteiger partial charge in [0.15, 0.2) is 5.82 Å². The van der Waals surface area contributed by atoms with Gasteiger partial charge < -0.3 is 4.57 Å². The first-order chi connectivity index (χ1) is 9.08. The molecule has 0 N–H and O–H groups in total. The maximum Gasteiger partial charge on any atom is 0.153 e. The molecule has 0 aliphatic heterocycles. The summed E-state index contributed by atoms with van der Waals surface area (Å²) in [7, 11) is 1.68. The minimum absolute atomic E-state index is 0.117. The van der Waals surface area contributed by atoms with Crippen LogP contribution in [0.5, 0.6) is 0 Å². The van der Waals surface area contributed by atoms with Crippen LogP contribution in [0, 0.1) is 11.6 Å². The fourth-order valence-corrected chi connectivity index (χ4v) is 2.22. The molecule has 0 atom stereocenters. The van der Waals surface area contributed by atoms with Crippen LogP contribution in [0.25, 0.3) is 22.4 Å². The Kier molecular flexibility index (Phi) is 2.71. The first-order valence-corrected chi connectivity index (χ1v) is 5.87. The number of fused-ring (bicyclic) bond motifs is 1. The summed E-state index contributed by atoms with van der Waals surface area (Å²) in [6, 6.07) is 3.73. The number of hydrogen-bond acceptors (Lipinski definition) is 2. The van der Waals surface area contributed by atoms with E-state index in [9.17, 15) is 8.78 Å². The van der Waals surface area contributed by atoms with Gasteiger partial charge >= 0.3 is 0 Å². The molecule has 0 saturated heterocycles. The van der Waals surface area contributed by atoms with Gasteiger partial charge in [0.25, 0.3) is 0 Å². The average Bonchev–Trinajstić information content (AvgIpc) is 2.68. The van der Waals surface area contributed by atoms with E-state index in [-0.39, 0.29) is 5.52 Å². The third-order valence-corrected chi connectivity index (χ3v) is 3.22. The summed E-state index contributed by atoms with van der Waals surface area (Å²) in [6.07, 6.45) is 3.05. The van der Waals surface area contributed by atoms with Crippen LogP contribution in [0.4, 0.5) is 8.78 Å². The van der Waals surface area contributed by atoms with Crippen molar-refractivity contribution in [2.24, 2.45) is 7.05 Å². The molecule has 1 aromatic carbocycles. The molecule has 2 aromatic heterocycles. The molecule has 19 heavy (non-hydrogen) atoms. The zero-order valence-electron chi connectivity index (χ0n) is 9.86. The van der Waals surface area contributed by atoms with Gasteiger partial charge in [0.1, 0.15) is 17.2 Å². The molecule has 2 heterocycles.